The lowest BCUT2D eigenvalue weighted by atomic mass is 10.0. The third-order valence-corrected chi connectivity index (χ3v) is 7.12. The highest BCUT2D eigenvalue weighted by molar-refractivity contribution is 7.99. The van der Waals surface area contributed by atoms with Crippen LogP contribution in [0.4, 0.5) is 5.69 Å². The van der Waals surface area contributed by atoms with E-state index >= 15 is 0 Å². The van der Waals surface area contributed by atoms with Gasteiger partial charge in [-0.2, -0.15) is 0 Å². The zero-order valence-electron chi connectivity index (χ0n) is 19.3. The molecule has 2 N–H and O–H groups in total. The van der Waals surface area contributed by atoms with Crippen molar-refractivity contribution in [3.8, 4) is 11.5 Å². The predicted octanol–water partition coefficient (Wildman–Crippen LogP) is 3.32. The number of piperidine rings is 1. The van der Waals surface area contributed by atoms with E-state index in [0.29, 0.717) is 6.04 Å². The Morgan fingerprint density at radius 3 is 2.94 bits per heavy atom. The number of anilines is 1. The number of methoxy groups -OCH3 is 1. The van der Waals surface area contributed by atoms with Gasteiger partial charge in [-0.05, 0) is 55.8 Å². The number of aromatic nitrogens is 2. The second kappa shape index (κ2) is 10.6. The molecule has 0 atom stereocenters. The lowest BCUT2D eigenvalue weighted by Crippen LogP contribution is -2.42. The summed E-state index contributed by atoms with van der Waals surface area (Å²) in [5.41, 5.74) is 3.66. The highest BCUT2D eigenvalue weighted by atomic mass is 32.2. The van der Waals surface area contributed by atoms with Gasteiger partial charge in [0.1, 0.15) is 16.5 Å². The van der Waals surface area contributed by atoms with Crippen LogP contribution in [0.25, 0.3) is 11.0 Å². The van der Waals surface area contributed by atoms with Crippen molar-refractivity contribution in [2.75, 3.05) is 44.4 Å². The maximum atomic E-state index is 11.5. The zero-order valence-corrected chi connectivity index (χ0v) is 20.1. The number of thioether (sulfide) groups is 1. The molecule has 1 amide bonds. The number of benzene rings is 2. The van der Waals surface area contributed by atoms with Gasteiger partial charge in [0.25, 0.3) is 5.91 Å². The van der Waals surface area contributed by atoms with E-state index in [-0.39, 0.29) is 12.5 Å². The SMILES string of the molecule is COc1ccc2ncc(SCCN3CCC(NCc4ccc5c(c4)NC(=O)CO5)CC3)nc2c1. The molecule has 0 unspecified atom stereocenters. The molecule has 5 rings (SSSR count). The molecular weight excluding hydrogens is 450 g/mol. The van der Waals surface area contributed by atoms with Crippen LogP contribution in [0.3, 0.4) is 0 Å². The maximum absolute atomic E-state index is 11.5. The van der Waals surface area contributed by atoms with Crippen LogP contribution in [0.5, 0.6) is 11.5 Å². The molecule has 1 saturated heterocycles. The van der Waals surface area contributed by atoms with Gasteiger partial charge >= 0.3 is 0 Å². The number of ether oxygens (including phenoxy) is 2. The molecule has 178 valence electrons. The lowest BCUT2D eigenvalue weighted by molar-refractivity contribution is -0.118. The lowest BCUT2D eigenvalue weighted by Gasteiger charge is -2.32. The van der Waals surface area contributed by atoms with Crippen LogP contribution >= 0.6 is 11.8 Å². The largest absolute Gasteiger partial charge is 0.497 e. The van der Waals surface area contributed by atoms with Crippen molar-refractivity contribution < 1.29 is 14.3 Å². The number of nitrogens with one attached hydrogen (secondary N) is 2. The summed E-state index contributed by atoms with van der Waals surface area (Å²) >= 11 is 1.75. The van der Waals surface area contributed by atoms with Gasteiger partial charge in [-0.15, -0.1) is 11.8 Å². The first kappa shape index (κ1) is 22.9. The van der Waals surface area contributed by atoms with Crippen LogP contribution in [0.1, 0.15) is 18.4 Å². The van der Waals surface area contributed by atoms with Crippen LogP contribution in [0.15, 0.2) is 47.6 Å². The van der Waals surface area contributed by atoms with Gasteiger partial charge in [0.05, 0.1) is 30.0 Å². The Labute approximate surface area is 203 Å². The van der Waals surface area contributed by atoms with E-state index in [9.17, 15) is 4.79 Å². The summed E-state index contributed by atoms with van der Waals surface area (Å²) in [6.45, 7) is 4.10. The number of nitrogens with zero attached hydrogens (tertiary/aromatic N) is 3. The molecule has 2 aliphatic heterocycles. The summed E-state index contributed by atoms with van der Waals surface area (Å²) in [4.78, 5) is 23.3. The molecular formula is C25H29N5O3S. The molecule has 9 heteroatoms. The van der Waals surface area contributed by atoms with Crippen LogP contribution < -0.4 is 20.1 Å². The van der Waals surface area contributed by atoms with E-state index < -0.39 is 0 Å². The minimum atomic E-state index is -0.101. The minimum absolute atomic E-state index is 0.0898. The summed E-state index contributed by atoms with van der Waals surface area (Å²) in [5, 5.41) is 7.49. The molecule has 0 aliphatic carbocycles. The minimum Gasteiger partial charge on any atom is -0.497 e. The van der Waals surface area contributed by atoms with Crippen LogP contribution in [-0.2, 0) is 11.3 Å². The van der Waals surface area contributed by atoms with Crippen molar-refractivity contribution in [2.24, 2.45) is 0 Å². The molecule has 0 spiro atoms. The molecule has 0 saturated carbocycles. The Balaban J connectivity index is 1.04. The molecule has 0 bridgehead atoms. The number of carbonyl (C=O) groups is 1. The molecule has 8 nitrogen and oxygen atoms in total. The fraction of sp³-hybridized carbons (Fsp3) is 0.400. The average Bonchev–Trinajstić information content (AvgIpc) is 2.87. The smallest absolute Gasteiger partial charge is 0.262 e. The highest BCUT2D eigenvalue weighted by Crippen LogP contribution is 2.28. The topological polar surface area (TPSA) is 88.6 Å². The Morgan fingerprint density at radius 1 is 1.21 bits per heavy atom. The van der Waals surface area contributed by atoms with Crippen LogP contribution in [-0.4, -0.2) is 65.9 Å². The van der Waals surface area contributed by atoms with Crippen LogP contribution in [0, 0.1) is 0 Å². The van der Waals surface area contributed by atoms with Crippen molar-refractivity contribution in [1.29, 1.82) is 0 Å². The second-order valence-corrected chi connectivity index (χ2v) is 9.69. The zero-order chi connectivity index (χ0) is 23.3. The van der Waals surface area contributed by atoms with Gasteiger partial charge in [-0.25, -0.2) is 4.98 Å². The van der Waals surface area contributed by atoms with Gasteiger partial charge in [-0.3, -0.25) is 9.78 Å². The number of likely N-dealkylation sites (tertiary alicyclic amines) is 1. The number of hydrogen-bond acceptors (Lipinski definition) is 8. The molecule has 1 aromatic heterocycles. The number of fused-ring (bicyclic) bond motifs is 2. The summed E-state index contributed by atoms with van der Waals surface area (Å²) < 4.78 is 10.7. The van der Waals surface area contributed by atoms with Gasteiger partial charge < -0.3 is 25.0 Å². The molecule has 1 fully saturated rings. The van der Waals surface area contributed by atoms with E-state index in [4.69, 9.17) is 14.5 Å². The number of carbonyl (C=O) groups excluding carboxylic acids is 1. The van der Waals surface area contributed by atoms with Crippen LogP contribution in [0.2, 0.25) is 0 Å². The van der Waals surface area contributed by atoms with Crippen molar-refractivity contribution >= 4 is 34.4 Å². The Hall–Kier alpha value is -2.88. The maximum Gasteiger partial charge on any atom is 0.262 e. The standard InChI is InChI=1S/C25H29N5O3S/c1-32-19-3-4-20-21(13-19)29-25(15-27-20)34-11-10-30-8-6-18(7-9-30)26-14-17-2-5-23-22(12-17)28-24(31)16-33-23/h2-5,12-13,15,18,26H,6-11,14,16H2,1H3,(H,28,31). The predicted molar refractivity (Wildman–Crippen MR) is 134 cm³/mol. The molecule has 3 aromatic rings. The Bertz CT molecular complexity index is 1170. The molecule has 0 radical (unpaired) electrons. The first-order valence-corrected chi connectivity index (χ1v) is 12.6. The number of amides is 1. The van der Waals surface area contributed by atoms with Crippen molar-refractivity contribution in [3.05, 3.63) is 48.2 Å². The van der Waals surface area contributed by atoms with Gasteiger partial charge in [0.2, 0.25) is 0 Å². The molecule has 3 heterocycles. The molecule has 34 heavy (non-hydrogen) atoms. The monoisotopic (exact) mass is 479 g/mol. The molecule has 2 aromatic carbocycles. The Morgan fingerprint density at radius 2 is 2.09 bits per heavy atom. The second-order valence-electron chi connectivity index (χ2n) is 8.58. The summed E-state index contributed by atoms with van der Waals surface area (Å²) in [5.74, 6) is 2.43. The van der Waals surface area contributed by atoms with Gasteiger partial charge in [0.15, 0.2) is 6.61 Å². The van der Waals surface area contributed by atoms with E-state index in [1.165, 1.54) is 0 Å². The van der Waals surface area contributed by atoms with Crippen molar-refractivity contribution in [3.63, 3.8) is 0 Å². The third-order valence-electron chi connectivity index (χ3n) is 6.24. The fourth-order valence-corrected chi connectivity index (χ4v) is 5.16. The van der Waals surface area contributed by atoms with E-state index in [1.54, 1.807) is 18.9 Å². The molecule has 2 aliphatic rings. The first-order chi connectivity index (χ1) is 16.7. The Kier molecular flexibility index (Phi) is 7.13. The summed E-state index contributed by atoms with van der Waals surface area (Å²) in [6.07, 6.45) is 4.12. The highest BCUT2D eigenvalue weighted by Gasteiger charge is 2.20. The summed E-state index contributed by atoms with van der Waals surface area (Å²) in [7, 11) is 1.66. The van der Waals surface area contributed by atoms with E-state index in [2.05, 4.69) is 26.6 Å². The quantitative estimate of drug-likeness (QED) is 0.476. The first-order valence-electron chi connectivity index (χ1n) is 11.6. The number of rotatable bonds is 8. The summed E-state index contributed by atoms with van der Waals surface area (Å²) in [6, 6.07) is 12.3. The van der Waals surface area contributed by atoms with Crippen molar-refractivity contribution in [1.82, 2.24) is 20.2 Å². The van der Waals surface area contributed by atoms with Gasteiger partial charge in [0, 0.05) is 31.0 Å². The van der Waals surface area contributed by atoms with E-state index in [0.717, 1.165) is 83.6 Å². The van der Waals surface area contributed by atoms with Gasteiger partial charge in [-0.1, -0.05) is 6.07 Å². The normalized spacial score (nSPS) is 16.7. The van der Waals surface area contributed by atoms with Crippen molar-refractivity contribution in [2.45, 2.75) is 30.5 Å². The fourth-order valence-electron chi connectivity index (χ4n) is 4.31. The van der Waals surface area contributed by atoms with E-state index in [1.807, 2.05) is 36.5 Å². The number of hydrogen-bond donors (Lipinski definition) is 2. The third kappa shape index (κ3) is 5.60. The average molecular weight is 480 g/mol.